The van der Waals surface area contributed by atoms with Gasteiger partial charge in [-0.15, -0.1) is 10.2 Å². The molecular weight excluding hydrogens is 470 g/mol. The van der Waals surface area contributed by atoms with Gasteiger partial charge in [0.2, 0.25) is 16.0 Å². The molecule has 1 saturated heterocycles. The van der Waals surface area contributed by atoms with Crippen LogP contribution in [0, 0.1) is 6.92 Å². The summed E-state index contributed by atoms with van der Waals surface area (Å²) in [5, 5.41) is 11.2. The fraction of sp³-hybridized carbons (Fsp3) is 0.478. The van der Waals surface area contributed by atoms with Gasteiger partial charge in [-0.25, -0.2) is 18.4 Å². The van der Waals surface area contributed by atoms with Crippen molar-refractivity contribution in [2.45, 2.75) is 50.8 Å². The van der Waals surface area contributed by atoms with Crippen LogP contribution in [-0.2, 0) is 10.0 Å². The van der Waals surface area contributed by atoms with Crippen LogP contribution >= 0.6 is 0 Å². The first-order chi connectivity index (χ1) is 16.8. The number of aromatic nitrogens is 5. The molecule has 3 aromatic rings. The third-order valence-corrected chi connectivity index (χ3v) is 8.18. The highest BCUT2D eigenvalue weighted by Crippen LogP contribution is 2.38. The van der Waals surface area contributed by atoms with Gasteiger partial charge < -0.3 is 14.8 Å². The highest BCUT2D eigenvalue weighted by atomic mass is 32.2. The predicted molar refractivity (Wildman–Crippen MR) is 132 cm³/mol. The van der Waals surface area contributed by atoms with Crippen LogP contribution in [0.4, 0.5) is 5.95 Å². The number of aryl methyl sites for hydroxylation is 1. The van der Waals surface area contributed by atoms with Gasteiger partial charge in [-0.2, -0.15) is 0 Å². The Morgan fingerprint density at radius 3 is 2.34 bits per heavy atom. The van der Waals surface area contributed by atoms with Gasteiger partial charge in [0, 0.05) is 18.3 Å². The van der Waals surface area contributed by atoms with Crippen molar-refractivity contribution in [3.05, 3.63) is 47.8 Å². The average Bonchev–Trinajstić information content (AvgIpc) is 3.52. The smallest absolute Gasteiger partial charge is 0.243 e. The second kappa shape index (κ2) is 10.2. The summed E-state index contributed by atoms with van der Waals surface area (Å²) in [6, 6.07) is 5.27. The molecule has 3 heterocycles. The summed E-state index contributed by atoms with van der Waals surface area (Å²) >= 11 is 0. The first-order valence-electron chi connectivity index (χ1n) is 11.5. The molecule has 1 aliphatic heterocycles. The van der Waals surface area contributed by atoms with Crippen LogP contribution < -0.4 is 19.5 Å². The van der Waals surface area contributed by atoms with Crippen LogP contribution in [0.1, 0.15) is 55.9 Å². The first kappa shape index (κ1) is 24.9. The molecular formula is C23H31N7O4S. The van der Waals surface area contributed by atoms with Crippen LogP contribution in [0.3, 0.4) is 0 Å². The molecule has 188 valence electrons. The Labute approximate surface area is 205 Å². The zero-order valence-corrected chi connectivity index (χ0v) is 21.3. The number of nitrogens with zero attached hydrogens (tertiary/aromatic N) is 5. The van der Waals surface area contributed by atoms with Crippen molar-refractivity contribution in [1.29, 1.82) is 0 Å². The zero-order chi connectivity index (χ0) is 25.2. The monoisotopic (exact) mass is 501 g/mol. The lowest BCUT2D eigenvalue weighted by Crippen LogP contribution is -2.31. The Kier molecular flexibility index (Phi) is 7.22. The number of anilines is 1. The lowest BCUT2D eigenvalue weighted by molar-refractivity contribution is 0.390. The van der Waals surface area contributed by atoms with Crippen molar-refractivity contribution in [2.24, 2.45) is 0 Å². The van der Waals surface area contributed by atoms with Crippen LogP contribution in [0.5, 0.6) is 11.5 Å². The summed E-state index contributed by atoms with van der Waals surface area (Å²) in [7, 11) is -0.812. The fourth-order valence-electron chi connectivity index (χ4n) is 4.10. The molecule has 2 aromatic heterocycles. The molecule has 12 heteroatoms. The molecule has 1 aromatic carbocycles. The molecule has 3 atom stereocenters. The molecule has 0 amide bonds. The van der Waals surface area contributed by atoms with Crippen molar-refractivity contribution >= 4 is 16.0 Å². The van der Waals surface area contributed by atoms with Gasteiger partial charge in [0.15, 0.2) is 5.82 Å². The minimum atomic E-state index is -3.91. The number of nitrogens with one attached hydrogen (secondary N) is 2. The normalized spacial score (nSPS) is 17.7. The molecule has 2 N–H and O–H groups in total. The number of para-hydroxylation sites is 1. The van der Waals surface area contributed by atoms with E-state index in [0.29, 0.717) is 28.8 Å². The van der Waals surface area contributed by atoms with E-state index in [-0.39, 0.29) is 12.0 Å². The summed E-state index contributed by atoms with van der Waals surface area (Å²) in [6.07, 6.45) is 5.18. The molecule has 35 heavy (non-hydrogen) atoms. The van der Waals surface area contributed by atoms with Gasteiger partial charge in [0.1, 0.15) is 23.0 Å². The summed E-state index contributed by atoms with van der Waals surface area (Å²) < 4.78 is 42.5. The van der Waals surface area contributed by atoms with E-state index in [2.05, 4.69) is 30.2 Å². The molecule has 11 nitrogen and oxygen atoms in total. The average molecular weight is 502 g/mol. The fourth-order valence-corrected chi connectivity index (χ4v) is 5.33. The number of ether oxygens (including phenoxy) is 2. The van der Waals surface area contributed by atoms with Gasteiger partial charge in [-0.05, 0) is 50.9 Å². The quantitative estimate of drug-likeness (QED) is 0.454. The third kappa shape index (κ3) is 4.94. The summed E-state index contributed by atoms with van der Waals surface area (Å²) in [5.41, 5.74) is 1.42. The van der Waals surface area contributed by atoms with Crippen LogP contribution in [-0.4, -0.2) is 59.2 Å². The molecule has 1 fully saturated rings. The molecule has 0 aliphatic carbocycles. The van der Waals surface area contributed by atoms with Gasteiger partial charge in [0.25, 0.3) is 0 Å². The van der Waals surface area contributed by atoms with E-state index in [1.165, 1.54) is 0 Å². The van der Waals surface area contributed by atoms with Gasteiger partial charge >= 0.3 is 0 Å². The summed E-state index contributed by atoms with van der Waals surface area (Å²) in [5.74, 6) is 1.63. The van der Waals surface area contributed by atoms with Crippen molar-refractivity contribution in [1.82, 2.24) is 30.0 Å². The minimum absolute atomic E-state index is 0.0559. The zero-order valence-electron chi connectivity index (χ0n) is 20.5. The first-order valence-corrected chi connectivity index (χ1v) is 13.0. The maximum absolute atomic E-state index is 13.5. The lowest BCUT2D eigenvalue weighted by Gasteiger charge is -2.22. The Hall–Kier alpha value is -3.25. The maximum atomic E-state index is 13.5. The topological polar surface area (TPSA) is 133 Å². The largest absolute Gasteiger partial charge is 0.494 e. The SMILES string of the molecule is COc1cccc(OC)c1-n1c(NS(=O)(=O)C(C)C(C)c2ncc(C)cn2)nnc1[C@H]1CCCN1. The van der Waals surface area contributed by atoms with E-state index in [0.717, 1.165) is 24.9 Å². The van der Waals surface area contributed by atoms with Crippen molar-refractivity contribution in [2.75, 3.05) is 25.5 Å². The van der Waals surface area contributed by atoms with Gasteiger partial charge in [-0.1, -0.05) is 13.0 Å². The van der Waals surface area contributed by atoms with E-state index in [1.807, 2.05) is 6.92 Å². The highest BCUT2D eigenvalue weighted by molar-refractivity contribution is 7.93. The van der Waals surface area contributed by atoms with Crippen LogP contribution in [0.2, 0.25) is 0 Å². The Bertz CT molecular complexity index is 1250. The second-order valence-corrected chi connectivity index (χ2v) is 10.7. The van der Waals surface area contributed by atoms with Crippen molar-refractivity contribution < 1.29 is 17.9 Å². The molecule has 0 saturated carbocycles. The number of rotatable bonds is 9. The number of benzene rings is 1. The van der Waals surface area contributed by atoms with Crippen molar-refractivity contribution in [3.63, 3.8) is 0 Å². The lowest BCUT2D eigenvalue weighted by atomic mass is 10.1. The Morgan fingerprint density at radius 2 is 1.77 bits per heavy atom. The van der Waals surface area contributed by atoms with E-state index in [4.69, 9.17) is 9.47 Å². The molecule has 0 radical (unpaired) electrons. The van der Waals surface area contributed by atoms with E-state index in [1.54, 1.807) is 63.2 Å². The molecule has 2 unspecified atom stereocenters. The van der Waals surface area contributed by atoms with Gasteiger partial charge in [0.05, 0.1) is 25.5 Å². The number of sulfonamides is 1. The maximum Gasteiger partial charge on any atom is 0.243 e. The van der Waals surface area contributed by atoms with Gasteiger partial charge in [-0.3, -0.25) is 9.29 Å². The molecule has 1 aliphatic rings. The molecule has 4 rings (SSSR count). The third-order valence-electron chi connectivity index (χ3n) is 6.32. The van der Waals surface area contributed by atoms with E-state index in [9.17, 15) is 8.42 Å². The summed E-state index contributed by atoms with van der Waals surface area (Å²) in [6.45, 7) is 6.13. The van der Waals surface area contributed by atoms with Crippen molar-refractivity contribution in [3.8, 4) is 17.2 Å². The standard InChI is InChI=1S/C23H31N7O4S/c1-14-12-25-21(26-13-14)15(2)16(3)35(31,32)29-23-28-27-22(17-8-7-11-24-17)30(23)20-18(33-4)9-6-10-19(20)34-5/h6,9-10,12-13,15-17,24H,7-8,11H2,1-5H3,(H,28,29)/t15?,16?,17-/m1/s1. The number of methoxy groups -OCH3 is 2. The molecule has 0 bridgehead atoms. The van der Waals surface area contributed by atoms with Crippen LogP contribution in [0.15, 0.2) is 30.6 Å². The predicted octanol–water partition coefficient (Wildman–Crippen LogP) is 2.74. The number of hydrogen-bond acceptors (Lipinski definition) is 9. The summed E-state index contributed by atoms with van der Waals surface area (Å²) in [4.78, 5) is 8.62. The second-order valence-electron chi connectivity index (χ2n) is 8.64. The Morgan fingerprint density at radius 1 is 1.11 bits per heavy atom. The van der Waals surface area contributed by atoms with E-state index >= 15 is 0 Å². The van der Waals surface area contributed by atoms with Crippen LogP contribution in [0.25, 0.3) is 5.69 Å². The Balaban J connectivity index is 1.76. The highest BCUT2D eigenvalue weighted by Gasteiger charge is 2.33. The minimum Gasteiger partial charge on any atom is -0.494 e. The molecule has 0 spiro atoms. The van der Waals surface area contributed by atoms with E-state index < -0.39 is 21.2 Å². The number of hydrogen-bond donors (Lipinski definition) is 2.